The van der Waals surface area contributed by atoms with Crippen molar-refractivity contribution in [1.82, 2.24) is 4.90 Å². The van der Waals surface area contributed by atoms with E-state index in [0.29, 0.717) is 22.7 Å². The highest BCUT2D eigenvalue weighted by molar-refractivity contribution is 6.42. The fourth-order valence-corrected chi connectivity index (χ4v) is 5.06. The predicted octanol–water partition coefficient (Wildman–Crippen LogP) is 4.38. The first-order valence-electron chi connectivity index (χ1n) is 10.6. The summed E-state index contributed by atoms with van der Waals surface area (Å²) in [6.07, 6.45) is 0. The Morgan fingerprint density at radius 2 is 1.64 bits per heavy atom. The molecule has 0 aromatic heterocycles. The number of rotatable bonds is 4. The second-order valence-electron chi connectivity index (χ2n) is 8.25. The first kappa shape index (κ1) is 22.3. The fourth-order valence-electron chi connectivity index (χ4n) is 4.77. The molecule has 0 bridgehead atoms. The van der Waals surface area contributed by atoms with E-state index in [4.69, 9.17) is 32.7 Å². The number of carbonyl (C=O) groups excluding carboxylic acids is 3. The molecule has 1 fully saturated rings. The van der Waals surface area contributed by atoms with Crippen LogP contribution >= 0.6 is 23.2 Å². The number of β-lactam (4-membered cyclic amide) rings is 1. The van der Waals surface area contributed by atoms with E-state index >= 15 is 0 Å². The van der Waals surface area contributed by atoms with Gasteiger partial charge in [0.05, 0.1) is 26.6 Å². The van der Waals surface area contributed by atoms with Crippen molar-refractivity contribution >= 4 is 52.3 Å². The van der Waals surface area contributed by atoms with Gasteiger partial charge in [-0.05, 0) is 42.0 Å². The number of hydrogen-bond donors (Lipinski definition) is 0. The van der Waals surface area contributed by atoms with Gasteiger partial charge in [0.1, 0.15) is 11.6 Å². The van der Waals surface area contributed by atoms with Crippen molar-refractivity contribution in [2.24, 2.45) is 0 Å². The number of imide groups is 1. The molecule has 3 aromatic rings. The number of anilines is 1. The van der Waals surface area contributed by atoms with Crippen LogP contribution < -0.4 is 14.4 Å². The lowest BCUT2D eigenvalue weighted by Crippen LogP contribution is -2.67. The molecule has 12 heteroatoms. The first-order valence-corrected chi connectivity index (χ1v) is 11.4. The number of benzene rings is 3. The molecule has 6 rings (SSSR count). The van der Waals surface area contributed by atoms with E-state index in [1.54, 1.807) is 24.3 Å². The SMILES string of the molecule is O=C1c2cccc([N+](=O)[O-])c2C(=O)N1[C@H]1C(=O)N(c2ccc(Cl)c(Cl)c2)[C@@H]1c1ccc2c(c1)OCO2. The maximum Gasteiger partial charge on any atom is 0.282 e. The highest BCUT2D eigenvalue weighted by Crippen LogP contribution is 2.47. The normalized spacial score (nSPS) is 20.0. The predicted molar refractivity (Wildman–Crippen MR) is 127 cm³/mol. The van der Waals surface area contributed by atoms with Gasteiger partial charge in [0.15, 0.2) is 11.5 Å². The van der Waals surface area contributed by atoms with Crippen molar-refractivity contribution in [2.45, 2.75) is 12.1 Å². The minimum atomic E-state index is -1.26. The smallest absolute Gasteiger partial charge is 0.282 e. The van der Waals surface area contributed by atoms with Crippen LogP contribution in [0.15, 0.2) is 54.6 Å². The number of hydrogen-bond acceptors (Lipinski definition) is 7. The average Bonchev–Trinajstić information content (AvgIpc) is 3.42. The zero-order valence-corrected chi connectivity index (χ0v) is 19.5. The molecule has 3 aliphatic heterocycles. The van der Waals surface area contributed by atoms with Gasteiger partial charge in [0.2, 0.25) is 6.79 Å². The third-order valence-corrected chi connectivity index (χ3v) is 7.13. The van der Waals surface area contributed by atoms with Gasteiger partial charge >= 0.3 is 0 Å². The van der Waals surface area contributed by atoms with E-state index in [2.05, 4.69) is 0 Å². The van der Waals surface area contributed by atoms with Gasteiger partial charge in [-0.25, -0.2) is 0 Å². The Labute approximate surface area is 212 Å². The molecule has 0 N–H and O–H groups in total. The minimum Gasteiger partial charge on any atom is -0.454 e. The average molecular weight is 526 g/mol. The zero-order valence-electron chi connectivity index (χ0n) is 18.0. The van der Waals surface area contributed by atoms with E-state index in [0.717, 1.165) is 11.0 Å². The number of halogens is 2. The monoisotopic (exact) mass is 525 g/mol. The van der Waals surface area contributed by atoms with Crippen molar-refractivity contribution in [1.29, 1.82) is 0 Å². The van der Waals surface area contributed by atoms with Crippen LogP contribution in [0, 0.1) is 10.1 Å². The Bertz CT molecular complexity index is 1530. The number of fused-ring (bicyclic) bond motifs is 2. The Morgan fingerprint density at radius 3 is 2.39 bits per heavy atom. The Morgan fingerprint density at radius 1 is 0.861 bits per heavy atom. The van der Waals surface area contributed by atoms with E-state index < -0.39 is 40.4 Å². The number of nitrogens with zero attached hydrogens (tertiary/aromatic N) is 3. The number of carbonyl (C=O) groups is 3. The maximum atomic E-state index is 13.5. The molecule has 0 radical (unpaired) electrons. The molecule has 36 heavy (non-hydrogen) atoms. The van der Waals surface area contributed by atoms with Gasteiger partial charge in [-0.3, -0.25) is 29.4 Å². The second kappa shape index (κ2) is 7.94. The molecular weight excluding hydrogens is 513 g/mol. The maximum absolute atomic E-state index is 13.5. The Hall–Kier alpha value is -4.15. The summed E-state index contributed by atoms with van der Waals surface area (Å²) in [4.78, 5) is 53.2. The quantitative estimate of drug-likeness (QED) is 0.214. The molecule has 3 heterocycles. The molecule has 0 aliphatic carbocycles. The van der Waals surface area contributed by atoms with Gasteiger partial charge in [-0.1, -0.05) is 35.3 Å². The van der Waals surface area contributed by atoms with E-state index in [9.17, 15) is 24.5 Å². The molecular formula is C24H13Cl2N3O7. The Kier molecular flexibility index (Phi) is 4.92. The molecule has 3 amide bonds. The van der Waals surface area contributed by atoms with Crippen molar-refractivity contribution in [3.63, 3.8) is 0 Å². The van der Waals surface area contributed by atoms with Crippen LogP contribution in [-0.4, -0.2) is 40.4 Å². The second-order valence-corrected chi connectivity index (χ2v) is 9.06. The minimum absolute atomic E-state index is 0.0321. The molecule has 3 aromatic carbocycles. The lowest BCUT2D eigenvalue weighted by atomic mass is 9.86. The van der Waals surface area contributed by atoms with Gasteiger partial charge in [-0.2, -0.15) is 0 Å². The van der Waals surface area contributed by atoms with Crippen LogP contribution in [0.5, 0.6) is 11.5 Å². The number of amides is 3. The third-order valence-electron chi connectivity index (χ3n) is 6.39. The topological polar surface area (TPSA) is 119 Å². The van der Waals surface area contributed by atoms with Crippen LogP contribution in [0.1, 0.15) is 32.3 Å². The summed E-state index contributed by atoms with van der Waals surface area (Å²) in [5.41, 5.74) is -0.00451. The van der Waals surface area contributed by atoms with Crippen LogP contribution in [0.25, 0.3) is 0 Å². The third kappa shape index (κ3) is 3.08. The highest BCUT2D eigenvalue weighted by atomic mass is 35.5. The molecule has 0 saturated carbocycles. The summed E-state index contributed by atoms with van der Waals surface area (Å²) in [7, 11) is 0. The summed E-state index contributed by atoms with van der Waals surface area (Å²) in [5.74, 6) is -1.29. The molecule has 0 spiro atoms. The van der Waals surface area contributed by atoms with E-state index in [-0.39, 0.29) is 28.0 Å². The summed E-state index contributed by atoms with van der Waals surface area (Å²) >= 11 is 12.2. The van der Waals surface area contributed by atoms with Crippen molar-refractivity contribution in [3.8, 4) is 11.5 Å². The first-order chi connectivity index (χ1) is 17.3. The van der Waals surface area contributed by atoms with E-state index in [1.165, 1.54) is 29.2 Å². The number of ether oxygens (including phenoxy) is 2. The number of nitro benzene ring substituents is 1. The summed E-state index contributed by atoms with van der Waals surface area (Å²) < 4.78 is 10.8. The van der Waals surface area contributed by atoms with Crippen LogP contribution in [0.2, 0.25) is 10.0 Å². The van der Waals surface area contributed by atoms with Gasteiger partial charge in [0.25, 0.3) is 23.4 Å². The zero-order chi connectivity index (χ0) is 25.3. The lowest BCUT2D eigenvalue weighted by Gasteiger charge is -2.49. The van der Waals surface area contributed by atoms with Crippen LogP contribution in [0.4, 0.5) is 11.4 Å². The van der Waals surface area contributed by atoms with Crippen molar-refractivity contribution < 1.29 is 28.8 Å². The molecule has 1 saturated heterocycles. The summed E-state index contributed by atoms with van der Waals surface area (Å²) in [6, 6.07) is 11.4. The largest absolute Gasteiger partial charge is 0.454 e. The highest BCUT2D eigenvalue weighted by Gasteiger charge is 2.58. The molecule has 2 atom stereocenters. The molecule has 180 valence electrons. The van der Waals surface area contributed by atoms with Gasteiger partial charge in [-0.15, -0.1) is 0 Å². The standard InChI is InChI=1S/C24H13Cl2N3O7/c25-14-6-5-12(9-15(14)26)27-20(11-4-7-17-18(8-11)36-10-35-17)21(24(27)32)28-22(30)13-2-1-3-16(29(33)34)19(13)23(28)31/h1-9,20-21H,10H2/t20-,21-/m1/s1. The van der Waals surface area contributed by atoms with E-state index in [1.807, 2.05) is 0 Å². The molecule has 10 nitrogen and oxygen atoms in total. The molecule has 0 unspecified atom stereocenters. The van der Waals surface area contributed by atoms with Gasteiger partial charge < -0.3 is 14.4 Å². The summed E-state index contributed by atoms with van der Waals surface area (Å²) in [5, 5.41) is 12.0. The van der Waals surface area contributed by atoms with Gasteiger partial charge in [0, 0.05) is 11.8 Å². The Balaban J connectivity index is 1.46. The summed E-state index contributed by atoms with van der Waals surface area (Å²) in [6.45, 7) is 0.0321. The van der Waals surface area contributed by atoms with Crippen LogP contribution in [-0.2, 0) is 4.79 Å². The van der Waals surface area contributed by atoms with Crippen LogP contribution in [0.3, 0.4) is 0 Å². The van der Waals surface area contributed by atoms with Crippen molar-refractivity contribution in [2.75, 3.05) is 11.7 Å². The number of nitro groups is 1. The lowest BCUT2D eigenvalue weighted by molar-refractivity contribution is -0.385. The molecule has 3 aliphatic rings. The fraction of sp³-hybridized carbons (Fsp3) is 0.125. The van der Waals surface area contributed by atoms with Crippen molar-refractivity contribution in [3.05, 3.63) is 91.4 Å².